The molecule has 3 nitrogen and oxygen atoms in total. The van der Waals surface area contributed by atoms with Crippen molar-refractivity contribution in [3.63, 3.8) is 0 Å². The Hall–Kier alpha value is -1.23. The Morgan fingerprint density at radius 1 is 1.32 bits per heavy atom. The fourth-order valence-corrected chi connectivity index (χ4v) is 3.22. The molecule has 3 aromatic rings. The first-order valence-corrected chi connectivity index (χ1v) is 7.33. The molecule has 0 bridgehead atoms. The zero-order valence-electron chi connectivity index (χ0n) is 10.2. The Kier molecular flexibility index (Phi) is 3.17. The van der Waals surface area contributed by atoms with Crippen LogP contribution in [0.4, 0.5) is 5.95 Å². The number of hydrogen-bond donors (Lipinski definition) is 1. The van der Waals surface area contributed by atoms with Gasteiger partial charge in [-0.3, -0.25) is 0 Å². The minimum Gasteiger partial charge on any atom is -0.369 e. The number of hydrogen-bond acceptors (Lipinski definition) is 3. The number of nitrogen functional groups attached to an aromatic ring is 1. The van der Waals surface area contributed by atoms with Crippen LogP contribution in [0.3, 0.4) is 0 Å². The second kappa shape index (κ2) is 4.71. The van der Waals surface area contributed by atoms with Gasteiger partial charge >= 0.3 is 0 Å². The van der Waals surface area contributed by atoms with Gasteiger partial charge in [0.05, 0.1) is 27.6 Å². The minimum atomic E-state index is 0.473. The first-order valence-electron chi connectivity index (χ1n) is 5.70. The van der Waals surface area contributed by atoms with Crippen molar-refractivity contribution in [3.05, 3.63) is 44.1 Å². The molecule has 0 amide bonds. The number of rotatable bonds is 2. The van der Waals surface area contributed by atoms with Crippen LogP contribution < -0.4 is 5.73 Å². The third-order valence-corrected chi connectivity index (χ3v) is 4.82. The van der Waals surface area contributed by atoms with Gasteiger partial charge in [-0.2, -0.15) is 0 Å². The molecule has 0 aliphatic heterocycles. The SMILES string of the molecule is Cc1ccsc1Cn1c(N)nc2cc(Cl)c(Cl)cc21. The lowest BCUT2D eigenvalue weighted by Gasteiger charge is -2.06. The normalized spacial score (nSPS) is 11.3. The molecule has 2 aromatic heterocycles. The molecule has 2 heterocycles. The fourth-order valence-electron chi connectivity index (χ4n) is 2.01. The summed E-state index contributed by atoms with van der Waals surface area (Å²) in [6.07, 6.45) is 0. The van der Waals surface area contributed by atoms with E-state index < -0.39 is 0 Å². The highest BCUT2D eigenvalue weighted by Gasteiger charge is 2.12. The summed E-state index contributed by atoms with van der Waals surface area (Å²) in [7, 11) is 0. The molecule has 0 aliphatic rings. The summed E-state index contributed by atoms with van der Waals surface area (Å²) < 4.78 is 1.95. The second-order valence-corrected chi connectivity index (χ2v) is 6.15. The van der Waals surface area contributed by atoms with Crippen molar-refractivity contribution in [2.45, 2.75) is 13.5 Å². The molecule has 0 aliphatic carbocycles. The lowest BCUT2D eigenvalue weighted by atomic mass is 10.3. The van der Waals surface area contributed by atoms with E-state index in [9.17, 15) is 0 Å². The van der Waals surface area contributed by atoms with E-state index in [1.165, 1.54) is 10.4 Å². The summed E-state index contributed by atoms with van der Waals surface area (Å²) >= 11 is 13.8. The number of anilines is 1. The first-order chi connectivity index (χ1) is 9.06. The molecular weight excluding hydrogens is 301 g/mol. The smallest absolute Gasteiger partial charge is 0.201 e. The summed E-state index contributed by atoms with van der Waals surface area (Å²) in [6.45, 7) is 2.79. The maximum atomic E-state index is 6.07. The largest absolute Gasteiger partial charge is 0.369 e. The minimum absolute atomic E-state index is 0.473. The Balaban J connectivity index is 2.15. The van der Waals surface area contributed by atoms with Crippen molar-refractivity contribution >= 4 is 51.5 Å². The van der Waals surface area contributed by atoms with Gasteiger partial charge in [-0.1, -0.05) is 23.2 Å². The van der Waals surface area contributed by atoms with Crippen LogP contribution >= 0.6 is 34.5 Å². The maximum absolute atomic E-state index is 6.07. The quantitative estimate of drug-likeness (QED) is 0.765. The molecule has 0 fully saturated rings. The van der Waals surface area contributed by atoms with E-state index in [1.807, 2.05) is 10.6 Å². The number of aryl methyl sites for hydroxylation is 1. The van der Waals surface area contributed by atoms with Crippen LogP contribution in [-0.2, 0) is 6.54 Å². The van der Waals surface area contributed by atoms with Crippen molar-refractivity contribution in [2.75, 3.05) is 5.73 Å². The molecular formula is C13H11Cl2N3S. The number of nitrogens with zero attached hydrogens (tertiary/aromatic N) is 2. The monoisotopic (exact) mass is 311 g/mol. The number of thiophene rings is 1. The molecule has 1 aromatic carbocycles. The lowest BCUT2D eigenvalue weighted by Crippen LogP contribution is -2.04. The third-order valence-electron chi connectivity index (χ3n) is 3.09. The van der Waals surface area contributed by atoms with Crippen molar-refractivity contribution in [3.8, 4) is 0 Å². The van der Waals surface area contributed by atoms with Gasteiger partial charge in [0, 0.05) is 4.88 Å². The van der Waals surface area contributed by atoms with Gasteiger partial charge in [0.15, 0.2) is 0 Å². The van der Waals surface area contributed by atoms with Gasteiger partial charge in [0.25, 0.3) is 0 Å². The number of benzene rings is 1. The van der Waals surface area contributed by atoms with Gasteiger partial charge in [0.2, 0.25) is 5.95 Å². The highest BCUT2D eigenvalue weighted by Crippen LogP contribution is 2.30. The highest BCUT2D eigenvalue weighted by atomic mass is 35.5. The lowest BCUT2D eigenvalue weighted by molar-refractivity contribution is 0.848. The van der Waals surface area contributed by atoms with E-state index in [4.69, 9.17) is 28.9 Å². The average molecular weight is 312 g/mol. The number of fused-ring (bicyclic) bond motifs is 1. The summed E-state index contributed by atoms with van der Waals surface area (Å²) in [5.41, 5.74) is 8.91. The molecule has 0 radical (unpaired) electrons. The first kappa shape index (κ1) is 12.8. The van der Waals surface area contributed by atoms with Gasteiger partial charge in [-0.05, 0) is 36.1 Å². The number of halogens is 2. The Labute approximate surface area is 124 Å². The Morgan fingerprint density at radius 2 is 2.05 bits per heavy atom. The number of nitrogens with two attached hydrogens (primary N) is 1. The van der Waals surface area contributed by atoms with E-state index in [-0.39, 0.29) is 0 Å². The van der Waals surface area contributed by atoms with Crippen molar-refractivity contribution in [1.29, 1.82) is 0 Å². The van der Waals surface area contributed by atoms with Crippen LogP contribution in [0, 0.1) is 6.92 Å². The second-order valence-electron chi connectivity index (χ2n) is 4.34. The molecule has 0 spiro atoms. The Morgan fingerprint density at radius 3 is 2.74 bits per heavy atom. The van der Waals surface area contributed by atoms with Gasteiger partial charge in [0.1, 0.15) is 0 Å². The molecule has 19 heavy (non-hydrogen) atoms. The van der Waals surface area contributed by atoms with Gasteiger partial charge in [-0.25, -0.2) is 4.98 Å². The van der Waals surface area contributed by atoms with Crippen LogP contribution in [0.1, 0.15) is 10.4 Å². The zero-order chi connectivity index (χ0) is 13.6. The van der Waals surface area contributed by atoms with E-state index in [0.717, 1.165) is 11.0 Å². The van der Waals surface area contributed by atoms with Gasteiger partial charge in [-0.15, -0.1) is 11.3 Å². The number of aromatic nitrogens is 2. The summed E-state index contributed by atoms with van der Waals surface area (Å²) in [6, 6.07) is 5.65. The van der Waals surface area contributed by atoms with Crippen molar-refractivity contribution in [1.82, 2.24) is 9.55 Å². The highest BCUT2D eigenvalue weighted by molar-refractivity contribution is 7.10. The molecule has 98 valence electrons. The van der Waals surface area contributed by atoms with Crippen LogP contribution in [0.25, 0.3) is 11.0 Å². The standard InChI is InChI=1S/C13H11Cl2N3S/c1-7-2-3-19-12(7)6-18-11-5-9(15)8(14)4-10(11)17-13(18)16/h2-5H,6H2,1H3,(H2,16,17). The predicted octanol–water partition coefficient (Wildman–Crippen LogP) is 4.34. The van der Waals surface area contributed by atoms with E-state index in [0.29, 0.717) is 22.5 Å². The maximum Gasteiger partial charge on any atom is 0.201 e. The van der Waals surface area contributed by atoms with E-state index in [1.54, 1.807) is 17.4 Å². The molecule has 0 atom stereocenters. The Bertz CT molecular complexity index is 761. The average Bonchev–Trinajstić information content (AvgIpc) is 2.88. The summed E-state index contributed by atoms with van der Waals surface area (Å²) in [5.74, 6) is 0.473. The summed E-state index contributed by atoms with van der Waals surface area (Å²) in [5, 5.41) is 3.08. The van der Waals surface area contributed by atoms with Crippen LogP contribution in [-0.4, -0.2) is 9.55 Å². The van der Waals surface area contributed by atoms with Gasteiger partial charge < -0.3 is 10.3 Å². The zero-order valence-corrected chi connectivity index (χ0v) is 12.5. The molecule has 0 saturated carbocycles. The topological polar surface area (TPSA) is 43.8 Å². The van der Waals surface area contributed by atoms with Crippen LogP contribution in [0.5, 0.6) is 0 Å². The van der Waals surface area contributed by atoms with Crippen LogP contribution in [0.15, 0.2) is 23.6 Å². The molecule has 3 rings (SSSR count). The third kappa shape index (κ3) is 2.20. The van der Waals surface area contributed by atoms with E-state index >= 15 is 0 Å². The molecule has 0 saturated heterocycles. The van der Waals surface area contributed by atoms with Crippen molar-refractivity contribution < 1.29 is 0 Å². The summed E-state index contributed by atoms with van der Waals surface area (Å²) in [4.78, 5) is 5.59. The number of imidazole rings is 1. The molecule has 6 heteroatoms. The van der Waals surface area contributed by atoms with Crippen molar-refractivity contribution in [2.24, 2.45) is 0 Å². The fraction of sp³-hybridized carbons (Fsp3) is 0.154. The van der Waals surface area contributed by atoms with Crippen LogP contribution in [0.2, 0.25) is 10.0 Å². The van der Waals surface area contributed by atoms with E-state index in [2.05, 4.69) is 23.4 Å². The molecule has 0 unspecified atom stereocenters. The predicted molar refractivity (Wildman–Crippen MR) is 82.3 cm³/mol. The molecule has 2 N–H and O–H groups in total.